The van der Waals surface area contributed by atoms with Crippen LogP contribution in [0, 0.1) is 0 Å². The molecular formula is C12H20N2O4S. The van der Waals surface area contributed by atoms with Gasteiger partial charge in [-0.1, -0.05) is 0 Å². The highest BCUT2D eigenvalue weighted by Gasteiger charge is 2.31. The minimum atomic E-state index is -0.793. The number of likely N-dealkylation sites (tertiary alicyclic amines) is 1. The van der Waals surface area contributed by atoms with Crippen LogP contribution in [0.25, 0.3) is 0 Å². The van der Waals surface area contributed by atoms with Crippen molar-refractivity contribution in [2.24, 2.45) is 5.73 Å². The van der Waals surface area contributed by atoms with Crippen LogP contribution in [0.1, 0.15) is 32.1 Å². The zero-order chi connectivity index (χ0) is 14.3. The van der Waals surface area contributed by atoms with Crippen molar-refractivity contribution in [2.45, 2.75) is 38.1 Å². The van der Waals surface area contributed by atoms with Crippen molar-refractivity contribution >= 4 is 29.5 Å². The predicted molar refractivity (Wildman–Crippen MR) is 72.7 cm³/mol. The Labute approximate surface area is 116 Å². The molecule has 0 aliphatic carbocycles. The van der Waals surface area contributed by atoms with Crippen LogP contribution in [0.15, 0.2) is 0 Å². The Hall–Kier alpha value is -1.24. The quantitative estimate of drug-likeness (QED) is 0.632. The molecule has 1 unspecified atom stereocenters. The number of rotatable bonds is 8. The first-order valence-electron chi connectivity index (χ1n) is 6.40. The van der Waals surface area contributed by atoms with E-state index in [4.69, 9.17) is 10.8 Å². The fourth-order valence-electron chi connectivity index (χ4n) is 2.09. The van der Waals surface area contributed by atoms with E-state index in [2.05, 4.69) is 0 Å². The number of aliphatic carboxylic acids is 1. The SMILES string of the molecule is NC(=O)C1CCCN1C(=O)CCSCCCC(=O)O. The molecule has 1 fully saturated rings. The fourth-order valence-corrected chi connectivity index (χ4v) is 2.96. The molecule has 1 atom stereocenters. The number of carboxylic acid groups (broad SMARTS) is 1. The number of nitrogens with two attached hydrogens (primary N) is 1. The zero-order valence-electron chi connectivity index (χ0n) is 10.8. The van der Waals surface area contributed by atoms with Gasteiger partial charge in [0.2, 0.25) is 11.8 Å². The number of primary amides is 1. The Morgan fingerprint density at radius 2 is 2.00 bits per heavy atom. The molecule has 6 nitrogen and oxygen atoms in total. The Kier molecular flexibility index (Phi) is 6.69. The van der Waals surface area contributed by atoms with Crippen molar-refractivity contribution in [1.29, 1.82) is 0 Å². The number of carbonyl (C=O) groups excluding carboxylic acids is 2. The van der Waals surface area contributed by atoms with Gasteiger partial charge in [0.25, 0.3) is 0 Å². The first-order valence-corrected chi connectivity index (χ1v) is 7.56. The van der Waals surface area contributed by atoms with E-state index in [1.807, 2.05) is 0 Å². The number of amides is 2. The minimum absolute atomic E-state index is 0.0352. The monoisotopic (exact) mass is 288 g/mol. The summed E-state index contributed by atoms with van der Waals surface area (Å²) in [7, 11) is 0. The van der Waals surface area contributed by atoms with Crippen LogP contribution in [-0.4, -0.2) is 51.9 Å². The van der Waals surface area contributed by atoms with Crippen LogP contribution in [0.4, 0.5) is 0 Å². The van der Waals surface area contributed by atoms with Gasteiger partial charge in [-0.15, -0.1) is 0 Å². The Morgan fingerprint density at radius 3 is 2.63 bits per heavy atom. The Morgan fingerprint density at radius 1 is 1.26 bits per heavy atom. The summed E-state index contributed by atoms with van der Waals surface area (Å²) in [6.45, 7) is 0.607. The van der Waals surface area contributed by atoms with Gasteiger partial charge in [0, 0.05) is 25.1 Å². The van der Waals surface area contributed by atoms with Gasteiger partial charge in [-0.2, -0.15) is 11.8 Å². The topological polar surface area (TPSA) is 101 Å². The molecule has 0 aromatic heterocycles. The lowest BCUT2D eigenvalue weighted by atomic mass is 10.2. The normalized spacial score (nSPS) is 18.5. The lowest BCUT2D eigenvalue weighted by Crippen LogP contribution is -2.43. The van der Waals surface area contributed by atoms with Gasteiger partial charge in [-0.25, -0.2) is 0 Å². The van der Waals surface area contributed by atoms with Crippen LogP contribution in [0.2, 0.25) is 0 Å². The first-order chi connectivity index (χ1) is 9.02. The molecule has 1 aliphatic heterocycles. The van der Waals surface area contributed by atoms with Crippen molar-refractivity contribution in [2.75, 3.05) is 18.1 Å². The van der Waals surface area contributed by atoms with E-state index in [0.717, 1.165) is 12.2 Å². The molecule has 2 amide bonds. The number of hydrogen-bond donors (Lipinski definition) is 2. The van der Waals surface area contributed by atoms with Crippen LogP contribution in [-0.2, 0) is 14.4 Å². The van der Waals surface area contributed by atoms with E-state index in [9.17, 15) is 14.4 Å². The molecule has 0 spiro atoms. The molecule has 1 aliphatic rings. The van der Waals surface area contributed by atoms with Gasteiger partial charge < -0.3 is 15.7 Å². The summed E-state index contributed by atoms with van der Waals surface area (Å²) in [5.74, 6) is 0.129. The van der Waals surface area contributed by atoms with Crippen LogP contribution in [0.5, 0.6) is 0 Å². The highest BCUT2D eigenvalue weighted by molar-refractivity contribution is 7.99. The summed E-state index contributed by atoms with van der Waals surface area (Å²) in [5.41, 5.74) is 5.26. The molecular weight excluding hydrogens is 268 g/mol. The molecule has 0 aromatic rings. The number of hydrogen-bond acceptors (Lipinski definition) is 4. The van der Waals surface area contributed by atoms with Gasteiger partial charge >= 0.3 is 5.97 Å². The summed E-state index contributed by atoms with van der Waals surface area (Å²) in [6.07, 6.45) is 2.64. The van der Waals surface area contributed by atoms with Crippen LogP contribution >= 0.6 is 11.8 Å². The second kappa shape index (κ2) is 8.04. The number of carbonyl (C=O) groups is 3. The van der Waals surface area contributed by atoms with Crippen molar-refractivity contribution in [3.63, 3.8) is 0 Å². The van der Waals surface area contributed by atoms with Crippen molar-refractivity contribution < 1.29 is 19.5 Å². The lowest BCUT2D eigenvalue weighted by Gasteiger charge is -2.22. The molecule has 0 radical (unpaired) electrons. The Balaban J connectivity index is 2.17. The van der Waals surface area contributed by atoms with Crippen LogP contribution < -0.4 is 5.73 Å². The third-order valence-corrected chi connectivity index (χ3v) is 4.11. The van der Waals surface area contributed by atoms with E-state index in [1.165, 1.54) is 0 Å². The van der Waals surface area contributed by atoms with Gasteiger partial charge in [0.05, 0.1) is 0 Å². The maximum absolute atomic E-state index is 11.9. The van der Waals surface area contributed by atoms with Crippen molar-refractivity contribution in [3.8, 4) is 0 Å². The summed E-state index contributed by atoms with van der Waals surface area (Å²) in [4.78, 5) is 34.9. The molecule has 1 rings (SSSR count). The van der Waals surface area contributed by atoms with Crippen molar-refractivity contribution in [1.82, 2.24) is 4.90 Å². The van der Waals surface area contributed by atoms with E-state index >= 15 is 0 Å². The molecule has 0 bridgehead atoms. The predicted octanol–water partition coefficient (Wildman–Crippen LogP) is 0.451. The summed E-state index contributed by atoms with van der Waals surface area (Å²) in [5, 5.41) is 8.47. The second-order valence-corrected chi connectivity index (χ2v) is 5.73. The molecule has 7 heteroatoms. The van der Waals surface area contributed by atoms with E-state index < -0.39 is 17.9 Å². The van der Waals surface area contributed by atoms with Crippen molar-refractivity contribution in [3.05, 3.63) is 0 Å². The van der Waals surface area contributed by atoms with Crippen LogP contribution in [0.3, 0.4) is 0 Å². The maximum atomic E-state index is 11.9. The third kappa shape index (κ3) is 5.50. The lowest BCUT2D eigenvalue weighted by molar-refractivity contribution is -0.137. The highest BCUT2D eigenvalue weighted by atomic mass is 32.2. The molecule has 0 saturated carbocycles. The standard InChI is InChI=1S/C12H20N2O4S/c13-12(18)9-3-1-6-14(9)10(15)5-8-19-7-2-4-11(16)17/h9H,1-8H2,(H2,13,18)(H,16,17). The van der Waals surface area contributed by atoms with Gasteiger partial charge in [0.15, 0.2) is 0 Å². The molecule has 1 heterocycles. The van der Waals surface area contributed by atoms with Gasteiger partial charge in [-0.3, -0.25) is 14.4 Å². The summed E-state index contributed by atoms with van der Waals surface area (Å²) >= 11 is 1.56. The van der Waals surface area contributed by atoms with E-state index in [0.29, 0.717) is 31.6 Å². The smallest absolute Gasteiger partial charge is 0.303 e. The van der Waals surface area contributed by atoms with E-state index in [1.54, 1.807) is 16.7 Å². The summed E-state index contributed by atoms with van der Waals surface area (Å²) in [6, 6.07) is -0.440. The van der Waals surface area contributed by atoms with E-state index in [-0.39, 0.29) is 12.3 Å². The highest BCUT2D eigenvalue weighted by Crippen LogP contribution is 2.18. The van der Waals surface area contributed by atoms with Gasteiger partial charge in [0.1, 0.15) is 6.04 Å². The zero-order valence-corrected chi connectivity index (χ0v) is 11.7. The average Bonchev–Trinajstić information content (AvgIpc) is 2.82. The summed E-state index contributed by atoms with van der Waals surface area (Å²) < 4.78 is 0. The second-order valence-electron chi connectivity index (χ2n) is 4.51. The maximum Gasteiger partial charge on any atom is 0.303 e. The minimum Gasteiger partial charge on any atom is -0.481 e. The largest absolute Gasteiger partial charge is 0.481 e. The number of carboxylic acids is 1. The van der Waals surface area contributed by atoms with Gasteiger partial charge in [-0.05, 0) is 25.0 Å². The average molecular weight is 288 g/mol. The molecule has 19 heavy (non-hydrogen) atoms. The third-order valence-electron chi connectivity index (χ3n) is 3.04. The molecule has 3 N–H and O–H groups in total. The number of thioether (sulfide) groups is 1. The fraction of sp³-hybridized carbons (Fsp3) is 0.750. The molecule has 108 valence electrons. The molecule has 0 aromatic carbocycles. The first kappa shape index (κ1) is 15.8. The Bertz CT molecular complexity index is 349. The number of nitrogens with zero attached hydrogens (tertiary/aromatic N) is 1. The molecule has 1 saturated heterocycles.